The van der Waals surface area contributed by atoms with Crippen LogP contribution in [0.2, 0.25) is 0 Å². The lowest BCUT2D eigenvalue weighted by molar-refractivity contribution is -0.141. The van der Waals surface area contributed by atoms with Crippen LogP contribution in [0.25, 0.3) is 0 Å². The van der Waals surface area contributed by atoms with Crippen LogP contribution in [0.1, 0.15) is 12.1 Å². The fourth-order valence-corrected chi connectivity index (χ4v) is 3.50. The molecule has 1 saturated heterocycles. The van der Waals surface area contributed by atoms with Crippen molar-refractivity contribution in [1.82, 2.24) is 29.6 Å². The summed E-state index contributed by atoms with van der Waals surface area (Å²) in [5.41, 5.74) is -0.897. The molecular formula is C15H20F3N7S. The second kappa shape index (κ2) is 8.21. The summed E-state index contributed by atoms with van der Waals surface area (Å²) in [6.07, 6.45) is -0.587. The highest BCUT2D eigenvalue weighted by Crippen LogP contribution is 2.28. The van der Waals surface area contributed by atoms with Gasteiger partial charge in [0.1, 0.15) is 12.0 Å². The molecule has 2 aromatic rings. The van der Waals surface area contributed by atoms with Crippen molar-refractivity contribution in [2.24, 2.45) is 7.05 Å². The SMILES string of the molecule is Cn1cnnc1SCCCN1CCN(c2nccc(C(F)(F)F)n2)CC1. The van der Waals surface area contributed by atoms with Gasteiger partial charge in [0, 0.05) is 45.2 Å². The molecule has 0 radical (unpaired) electrons. The number of thioether (sulfide) groups is 1. The summed E-state index contributed by atoms with van der Waals surface area (Å²) in [7, 11) is 1.91. The van der Waals surface area contributed by atoms with Crippen LogP contribution < -0.4 is 4.90 Å². The highest BCUT2D eigenvalue weighted by Gasteiger charge is 2.33. The minimum absolute atomic E-state index is 0.150. The number of alkyl halides is 3. The Labute approximate surface area is 153 Å². The van der Waals surface area contributed by atoms with Gasteiger partial charge in [-0.2, -0.15) is 13.2 Å². The topological polar surface area (TPSA) is 63.0 Å². The highest BCUT2D eigenvalue weighted by atomic mass is 32.2. The van der Waals surface area contributed by atoms with E-state index >= 15 is 0 Å². The Hall–Kier alpha value is -1.88. The maximum atomic E-state index is 12.8. The minimum Gasteiger partial charge on any atom is -0.338 e. The smallest absolute Gasteiger partial charge is 0.338 e. The van der Waals surface area contributed by atoms with Crippen LogP contribution in [-0.4, -0.2) is 68.1 Å². The number of hydrogen-bond acceptors (Lipinski definition) is 7. The lowest BCUT2D eigenvalue weighted by Gasteiger charge is -2.34. The predicted molar refractivity (Wildman–Crippen MR) is 92.0 cm³/mol. The molecule has 0 spiro atoms. The van der Waals surface area contributed by atoms with Crippen LogP contribution in [0.4, 0.5) is 19.1 Å². The number of halogens is 3. The van der Waals surface area contributed by atoms with Gasteiger partial charge in [-0.25, -0.2) is 9.97 Å². The minimum atomic E-state index is -4.44. The third-order valence-electron chi connectivity index (χ3n) is 4.11. The van der Waals surface area contributed by atoms with Crippen molar-refractivity contribution in [3.05, 3.63) is 24.3 Å². The van der Waals surface area contributed by atoms with Gasteiger partial charge in [0.05, 0.1) is 0 Å². The Balaban J connectivity index is 1.42. The molecular weight excluding hydrogens is 367 g/mol. The number of aryl methyl sites for hydroxylation is 1. The number of piperazine rings is 1. The molecule has 0 saturated carbocycles. The molecule has 142 valence electrons. The van der Waals surface area contributed by atoms with Crippen molar-refractivity contribution < 1.29 is 13.2 Å². The van der Waals surface area contributed by atoms with Gasteiger partial charge in [-0.1, -0.05) is 11.8 Å². The number of rotatable bonds is 6. The molecule has 0 N–H and O–H groups in total. The molecule has 0 bridgehead atoms. The first-order chi connectivity index (χ1) is 12.4. The van der Waals surface area contributed by atoms with Crippen LogP contribution in [-0.2, 0) is 13.2 Å². The van der Waals surface area contributed by atoms with Gasteiger partial charge in [0.2, 0.25) is 5.95 Å². The summed E-state index contributed by atoms with van der Waals surface area (Å²) in [5.74, 6) is 1.10. The van der Waals surface area contributed by atoms with Crippen molar-refractivity contribution in [1.29, 1.82) is 0 Å². The van der Waals surface area contributed by atoms with Gasteiger partial charge < -0.3 is 9.47 Å². The maximum absolute atomic E-state index is 12.8. The highest BCUT2D eigenvalue weighted by molar-refractivity contribution is 7.99. The predicted octanol–water partition coefficient (Wildman–Crippen LogP) is 1.93. The fraction of sp³-hybridized carbons (Fsp3) is 0.600. The summed E-state index contributed by atoms with van der Waals surface area (Å²) < 4.78 is 40.2. The summed E-state index contributed by atoms with van der Waals surface area (Å²) >= 11 is 1.67. The number of aromatic nitrogens is 5. The van der Waals surface area contributed by atoms with E-state index in [4.69, 9.17) is 0 Å². The van der Waals surface area contributed by atoms with E-state index in [1.165, 1.54) is 6.20 Å². The zero-order valence-electron chi connectivity index (χ0n) is 14.4. The van der Waals surface area contributed by atoms with Crippen LogP contribution in [0, 0.1) is 0 Å². The second-order valence-electron chi connectivity index (χ2n) is 5.99. The van der Waals surface area contributed by atoms with E-state index in [0.717, 1.165) is 43.0 Å². The standard InChI is InChI=1S/C15H20F3N7S/c1-23-11-20-22-14(23)26-10-2-5-24-6-8-25(9-7-24)13-19-4-3-12(21-13)15(16,17)18/h3-4,11H,2,5-10H2,1H3. The molecule has 7 nitrogen and oxygen atoms in total. The molecule has 0 unspecified atom stereocenters. The van der Waals surface area contributed by atoms with Gasteiger partial charge >= 0.3 is 6.18 Å². The van der Waals surface area contributed by atoms with Crippen LogP contribution in [0.15, 0.2) is 23.7 Å². The third-order valence-corrected chi connectivity index (χ3v) is 5.23. The Morgan fingerprint density at radius 3 is 2.62 bits per heavy atom. The van der Waals surface area contributed by atoms with E-state index in [-0.39, 0.29) is 5.95 Å². The normalized spacial score (nSPS) is 16.2. The maximum Gasteiger partial charge on any atom is 0.433 e. The average molecular weight is 387 g/mol. The summed E-state index contributed by atoms with van der Waals surface area (Å²) in [5, 5.41) is 8.77. The van der Waals surface area contributed by atoms with Crippen LogP contribution >= 0.6 is 11.8 Å². The van der Waals surface area contributed by atoms with E-state index in [1.54, 1.807) is 23.0 Å². The zero-order chi connectivity index (χ0) is 18.6. The fourth-order valence-electron chi connectivity index (χ4n) is 2.69. The average Bonchev–Trinajstić information content (AvgIpc) is 3.04. The molecule has 0 aliphatic carbocycles. The quantitative estimate of drug-likeness (QED) is 0.554. The monoisotopic (exact) mass is 387 g/mol. The summed E-state index contributed by atoms with van der Waals surface area (Å²) in [6, 6.07) is 0.897. The van der Waals surface area contributed by atoms with Crippen LogP contribution in [0.3, 0.4) is 0 Å². The molecule has 3 rings (SSSR count). The van der Waals surface area contributed by atoms with Gasteiger partial charge in [0.15, 0.2) is 5.16 Å². The molecule has 3 heterocycles. The molecule has 1 aliphatic rings. The van der Waals surface area contributed by atoms with E-state index in [2.05, 4.69) is 25.1 Å². The van der Waals surface area contributed by atoms with Crippen molar-refractivity contribution in [2.75, 3.05) is 43.4 Å². The van der Waals surface area contributed by atoms with Gasteiger partial charge in [-0.15, -0.1) is 10.2 Å². The summed E-state index contributed by atoms with van der Waals surface area (Å²) in [6.45, 7) is 3.76. The number of hydrogen-bond donors (Lipinski definition) is 0. The molecule has 26 heavy (non-hydrogen) atoms. The van der Waals surface area contributed by atoms with Crippen molar-refractivity contribution in [3.8, 4) is 0 Å². The first-order valence-electron chi connectivity index (χ1n) is 8.28. The Kier molecular flexibility index (Phi) is 5.97. The molecule has 1 aliphatic heterocycles. The molecule has 1 fully saturated rings. The largest absolute Gasteiger partial charge is 0.433 e. The van der Waals surface area contributed by atoms with Gasteiger partial charge in [0.25, 0.3) is 0 Å². The first-order valence-corrected chi connectivity index (χ1v) is 9.26. The third kappa shape index (κ3) is 4.85. The summed E-state index contributed by atoms with van der Waals surface area (Å²) in [4.78, 5) is 11.8. The van der Waals surface area contributed by atoms with Crippen LogP contribution in [0.5, 0.6) is 0 Å². The lowest BCUT2D eigenvalue weighted by Crippen LogP contribution is -2.47. The Morgan fingerprint density at radius 1 is 1.19 bits per heavy atom. The molecule has 2 aromatic heterocycles. The second-order valence-corrected chi connectivity index (χ2v) is 7.06. The van der Waals surface area contributed by atoms with E-state index in [1.807, 2.05) is 11.6 Å². The number of anilines is 1. The lowest BCUT2D eigenvalue weighted by atomic mass is 10.3. The Bertz CT molecular complexity index is 713. The van der Waals surface area contributed by atoms with E-state index < -0.39 is 11.9 Å². The Morgan fingerprint density at radius 2 is 1.96 bits per heavy atom. The van der Waals surface area contributed by atoms with Gasteiger partial charge in [-0.05, 0) is 19.0 Å². The molecule has 0 aromatic carbocycles. The van der Waals surface area contributed by atoms with Gasteiger partial charge in [-0.3, -0.25) is 4.90 Å². The zero-order valence-corrected chi connectivity index (χ0v) is 15.2. The van der Waals surface area contributed by atoms with Crippen molar-refractivity contribution >= 4 is 17.7 Å². The molecule has 0 atom stereocenters. The van der Waals surface area contributed by atoms with Crippen molar-refractivity contribution in [2.45, 2.75) is 17.8 Å². The first kappa shape index (κ1) is 18.9. The van der Waals surface area contributed by atoms with E-state index in [0.29, 0.717) is 13.1 Å². The molecule has 11 heteroatoms. The molecule has 0 amide bonds. The van der Waals surface area contributed by atoms with E-state index in [9.17, 15) is 13.2 Å². The van der Waals surface area contributed by atoms with Crippen molar-refractivity contribution in [3.63, 3.8) is 0 Å². The number of nitrogens with zero attached hydrogens (tertiary/aromatic N) is 7.